The standard InChI is InChI=1S/BFHO2P.K.H/c1-5(2,3)4;;/h(H,3,4);;/q;+1;-1. The molecule has 0 aliphatic carbocycles. The van der Waals surface area contributed by atoms with Gasteiger partial charge in [0.05, 0.1) is 0 Å². The summed E-state index contributed by atoms with van der Waals surface area (Å²) in [4.78, 5) is 7.19. The van der Waals surface area contributed by atoms with Crippen molar-refractivity contribution in [2.45, 2.75) is 0 Å². The minimum Gasteiger partial charge on any atom is -1.00 e. The van der Waals surface area contributed by atoms with E-state index in [1.165, 1.54) is 0 Å². The molecule has 0 aliphatic heterocycles. The quantitative estimate of drug-likeness (QED) is 0.290. The molecule has 0 heterocycles. The summed E-state index contributed by atoms with van der Waals surface area (Å²) in [6.07, 6.45) is 0. The van der Waals surface area contributed by atoms with Crippen molar-refractivity contribution in [3.05, 3.63) is 0 Å². The van der Waals surface area contributed by atoms with E-state index in [2.05, 4.69) is 7.57 Å². The van der Waals surface area contributed by atoms with Crippen LogP contribution in [0, 0.1) is 0 Å². The molecule has 2 nitrogen and oxygen atoms in total. The van der Waals surface area contributed by atoms with Crippen LogP contribution in [0.25, 0.3) is 0 Å². The first-order valence-electron chi connectivity index (χ1n) is 0.810. The van der Waals surface area contributed by atoms with Crippen molar-refractivity contribution in [2.24, 2.45) is 0 Å². The van der Waals surface area contributed by atoms with Gasteiger partial charge in [-0.2, -0.15) is 4.20 Å². The second-order valence-corrected chi connectivity index (χ2v) is 1.63. The topological polar surface area (TPSA) is 37.3 Å². The summed E-state index contributed by atoms with van der Waals surface area (Å²) in [5, 5.41) is 0. The van der Waals surface area contributed by atoms with Gasteiger partial charge in [-0.05, 0) is 0 Å². The molecule has 6 heavy (non-hydrogen) atoms. The fraction of sp³-hybridized carbons (Fsp3) is 0. The van der Waals surface area contributed by atoms with Gasteiger partial charge in [0.1, 0.15) is 0 Å². The van der Waals surface area contributed by atoms with Crippen LogP contribution in [-0.2, 0) is 4.57 Å². The summed E-state index contributed by atoms with van der Waals surface area (Å²) in [6, 6.07) is 0. The Labute approximate surface area is 80.3 Å². The van der Waals surface area contributed by atoms with Crippen molar-refractivity contribution in [2.75, 3.05) is 0 Å². The Balaban J connectivity index is -0.0000000800. The van der Waals surface area contributed by atoms with E-state index in [0.717, 1.165) is 0 Å². The van der Waals surface area contributed by atoms with Gasteiger partial charge >= 0.3 is 51.4 Å². The summed E-state index contributed by atoms with van der Waals surface area (Å²) >= 11 is 0. The van der Waals surface area contributed by atoms with E-state index in [1.54, 1.807) is 0 Å². The first-order chi connectivity index (χ1) is 2.00. The molecule has 0 saturated carbocycles. The maximum atomic E-state index is 10.6. The monoisotopic (exact) mass is 134 g/mol. The summed E-state index contributed by atoms with van der Waals surface area (Å²) in [7, 11) is -0.840. The van der Waals surface area contributed by atoms with Crippen molar-refractivity contribution in [1.29, 1.82) is 0 Å². The second kappa shape index (κ2) is 3.78. The third kappa shape index (κ3) is 40.8. The first kappa shape index (κ1) is 10.7. The van der Waals surface area contributed by atoms with Gasteiger partial charge in [-0.15, -0.1) is 0 Å². The summed E-state index contributed by atoms with van der Waals surface area (Å²) < 4.78 is 19.5. The molecule has 30 valence electrons. The normalized spacial score (nSPS) is 17.7. The zero-order valence-electron chi connectivity index (χ0n) is 4.26. The number of halogens is 1. The Kier molecular flexibility index (Phi) is 6.76. The maximum Gasteiger partial charge on any atom is 1.00 e. The molecule has 0 saturated heterocycles. The van der Waals surface area contributed by atoms with Gasteiger partial charge in [-0.3, -0.25) is 4.57 Å². The van der Waals surface area contributed by atoms with Gasteiger partial charge in [0.15, 0.2) is 0 Å². The zero-order valence-corrected chi connectivity index (χ0v) is 7.28. The molecule has 0 aliphatic rings. The maximum absolute atomic E-state index is 10.6. The molecule has 0 rings (SSSR count). The van der Waals surface area contributed by atoms with Crippen molar-refractivity contribution < 1.29 is 66.5 Å². The molecule has 0 aromatic carbocycles. The van der Waals surface area contributed by atoms with Gasteiger partial charge in [-0.25, -0.2) is 0 Å². The Morgan fingerprint density at radius 3 is 2.00 bits per heavy atom. The Morgan fingerprint density at radius 2 is 2.00 bits per heavy atom. The number of hydrogen-bond acceptors (Lipinski definition) is 1. The smallest absolute Gasteiger partial charge is 1.00 e. The molecular formula is H2BFKO2P. The zero-order chi connectivity index (χ0) is 4.50. The van der Waals surface area contributed by atoms with Crippen LogP contribution in [0.1, 0.15) is 1.43 Å². The fourth-order valence-corrected chi connectivity index (χ4v) is 0. The second-order valence-electron chi connectivity index (χ2n) is 0.545. The van der Waals surface area contributed by atoms with Crippen LogP contribution in [0.2, 0.25) is 0 Å². The van der Waals surface area contributed by atoms with Crippen LogP contribution in [0.5, 0.6) is 0 Å². The number of hydrogen-bond donors (Lipinski definition) is 1. The van der Waals surface area contributed by atoms with E-state index >= 15 is 0 Å². The van der Waals surface area contributed by atoms with Crippen molar-refractivity contribution in [1.82, 2.24) is 0 Å². The molecule has 0 spiro atoms. The van der Waals surface area contributed by atoms with Crippen LogP contribution >= 0.6 is 7.56 Å². The SMILES string of the molecule is [B]P(=O)(O)F.[H-].[K+]. The Hall–Kier alpha value is 1.82. The minimum atomic E-state index is -4.64. The average Bonchev–Trinajstić information content (AvgIpc) is 0.722. The van der Waals surface area contributed by atoms with E-state index in [1.807, 2.05) is 0 Å². The minimum absolute atomic E-state index is 0. The van der Waals surface area contributed by atoms with Crippen LogP contribution in [0.3, 0.4) is 0 Å². The van der Waals surface area contributed by atoms with Crippen molar-refractivity contribution in [3.8, 4) is 0 Å². The predicted octanol–water partition coefficient (Wildman–Crippen LogP) is -2.66. The first-order valence-corrected chi connectivity index (χ1v) is 2.43. The molecule has 0 fully saturated rings. The molecule has 2 radical (unpaired) electrons. The summed E-state index contributed by atoms with van der Waals surface area (Å²) in [5.74, 6) is 0. The van der Waals surface area contributed by atoms with E-state index in [0.29, 0.717) is 0 Å². The van der Waals surface area contributed by atoms with Crippen molar-refractivity contribution in [3.63, 3.8) is 0 Å². The van der Waals surface area contributed by atoms with Gasteiger partial charge in [0.2, 0.25) is 7.57 Å². The van der Waals surface area contributed by atoms with E-state index in [-0.39, 0.29) is 52.8 Å². The van der Waals surface area contributed by atoms with E-state index in [9.17, 15) is 4.20 Å². The molecule has 1 unspecified atom stereocenters. The summed E-state index contributed by atoms with van der Waals surface area (Å²) in [6.45, 7) is 0. The van der Waals surface area contributed by atoms with Crippen LogP contribution < -0.4 is 51.4 Å². The number of rotatable bonds is 0. The van der Waals surface area contributed by atoms with Crippen LogP contribution in [0.15, 0.2) is 0 Å². The van der Waals surface area contributed by atoms with E-state index in [4.69, 9.17) is 9.46 Å². The molecule has 0 aromatic rings. The third-order valence-corrected chi connectivity index (χ3v) is 0. The van der Waals surface area contributed by atoms with Crippen molar-refractivity contribution >= 4 is 15.1 Å². The molecule has 0 aromatic heterocycles. The largest absolute Gasteiger partial charge is 1.00 e. The fourth-order valence-electron chi connectivity index (χ4n) is 0. The van der Waals surface area contributed by atoms with Crippen LogP contribution in [0.4, 0.5) is 4.20 Å². The molecular weight excluding hydrogens is 132 g/mol. The molecule has 6 heteroatoms. The van der Waals surface area contributed by atoms with E-state index < -0.39 is 7.56 Å². The molecule has 1 N–H and O–H groups in total. The molecule has 0 bridgehead atoms. The Bertz CT molecular complexity index is 63.8. The summed E-state index contributed by atoms with van der Waals surface area (Å²) in [5.41, 5.74) is 0. The van der Waals surface area contributed by atoms with Gasteiger partial charge in [0, 0.05) is 0 Å². The third-order valence-electron chi connectivity index (χ3n) is 0. The van der Waals surface area contributed by atoms with Crippen LogP contribution in [-0.4, -0.2) is 12.5 Å². The van der Waals surface area contributed by atoms with Gasteiger partial charge in [-0.1, -0.05) is 0 Å². The predicted molar refractivity (Wildman–Crippen MR) is 17.8 cm³/mol. The molecule has 1 atom stereocenters. The van der Waals surface area contributed by atoms with Gasteiger partial charge < -0.3 is 6.32 Å². The average molecular weight is 134 g/mol. The van der Waals surface area contributed by atoms with Gasteiger partial charge in [0.25, 0.3) is 7.56 Å². The Morgan fingerprint density at radius 1 is 2.00 bits per heavy atom. The molecule has 0 amide bonds.